The zero-order valence-corrected chi connectivity index (χ0v) is 11.4. The minimum atomic E-state index is -1.23. The smallest absolute Gasteiger partial charge is 0.0736 e. The van der Waals surface area contributed by atoms with Crippen molar-refractivity contribution in [2.75, 3.05) is 5.43 Å². The lowest BCUT2D eigenvalue weighted by Crippen LogP contribution is -2.23. The molecule has 0 saturated heterocycles. The summed E-state index contributed by atoms with van der Waals surface area (Å²) in [6.07, 6.45) is 1.61. The fourth-order valence-electron chi connectivity index (χ4n) is 1.48. The summed E-state index contributed by atoms with van der Waals surface area (Å²) in [7, 11) is 0. The number of para-hydroxylation sites is 1. The quantitative estimate of drug-likeness (QED) is 0.695. The van der Waals surface area contributed by atoms with E-state index in [4.69, 9.17) is 0 Å². The zero-order valence-electron chi connectivity index (χ0n) is 9.84. The van der Waals surface area contributed by atoms with Crippen LogP contribution in [0.4, 0.5) is 5.69 Å². The number of hydrazone groups is 1. The van der Waals surface area contributed by atoms with Crippen molar-refractivity contribution in [3.05, 3.63) is 64.1 Å². The number of benzene rings is 2. The number of anilines is 1. The van der Waals surface area contributed by atoms with Crippen molar-refractivity contribution in [3.63, 3.8) is 0 Å². The van der Waals surface area contributed by atoms with E-state index in [1.165, 1.54) is 6.07 Å². The molecular formula is C14H10BrN2O2-. The largest absolute Gasteiger partial charge is 0.545 e. The highest BCUT2D eigenvalue weighted by molar-refractivity contribution is 9.10. The Labute approximate surface area is 118 Å². The van der Waals surface area contributed by atoms with Gasteiger partial charge in [0, 0.05) is 10.0 Å². The van der Waals surface area contributed by atoms with Crippen LogP contribution in [0.5, 0.6) is 0 Å². The van der Waals surface area contributed by atoms with Crippen molar-refractivity contribution < 1.29 is 9.90 Å². The Hall–Kier alpha value is -2.14. The Balaban J connectivity index is 2.10. The Kier molecular flexibility index (Phi) is 4.30. The average Bonchev–Trinajstić information content (AvgIpc) is 2.41. The molecule has 2 aromatic carbocycles. The SMILES string of the molecule is O=C([O-])c1ccccc1N/N=C\c1ccc(Br)cc1. The highest BCUT2D eigenvalue weighted by atomic mass is 79.9. The van der Waals surface area contributed by atoms with Crippen LogP contribution < -0.4 is 10.5 Å². The summed E-state index contributed by atoms with van der Waals surface area (Å²) < 4.78 is 0.986. The van der Waals surface area contributed by atoms with Gasteiger partial charge in [-0.3, -0.25) is 5.43 Å². The van der Waals surface area contributed by atoms with E-state index in [0.29, 0.717) is 5.69 Å². The lowest BCUT2D eigenvalue weighted by molar-refractivity contribution is -0.254. The first-order chi connectivity index (χ1) is 9.16. The van der Waals surface area contributed by atoms with Gasteiger partial charge in [0.05, 0.1) is 17.9 Å². The molecule has 0 saturated carbocycles. The molecule has 0 aliphatic rings. The van der Waals surface area contributed by atoms with E-state index in [0.717, 1.165) is 10.0 Å². The molecule has 96 valence electrons. The molecule has 0 spiro atoms. The van der Waals surface area contributed by atoms with Gasteiger partial charge in [0.1, 0.15) is 0 Å². The summed E-state index contributed by atoms with van der Waals surface area (Å²) in [6.45, 7) is 0. The van der Waals surface area contributed by atoms with Crippen LogP contribution in [0.2, 0.25) is 0 Å². The number of halogens is 1. The molecule has 0 aliphatic carbocycles. The fourth-order valence-corrected chi connectivity index (χ4v) is 1.75. The standard InChI is InChI=1S/C14H11BrN2O2/c15-11-7-5-10(6-8-11)9-16-17-13-4-2-1-3-12(13)14(18)19/h1-9,17H,(H,18,19)/p-1/b16-9-. The summed E-state index contributed by atoms with van der Waals surface area (Å²) in [5.74, 6) is -1.23. The molecule has 0 aliphatic heterocycles. The molecule has 1 N–H and O–H groups in total. The van der Waals surface area contributed by atoms with Gasteiger partial charge in [-0.1, -0.05) is 46.3 Å². The summed E-state index contributed by atoms with van der Waals surface area (Å²) in [5.41, 5.74) is 4.08. The van der Waals surface area contributed by atoms with Crippen molar-refractivity contribution in [1.82, 2.24) is 0 Å². The van der Waals surface area contributed by atoms with Crippen molar-refractivity contribution in [3.8, 4) is 0 Å². The summed E-state index contributed by atoms with van der Waals surface area (Å²) in [5, 5.41) is 14.9. The first-order valence-corrected chi connectivity index (χ1v) is 6.31. The molecule has 0 unspecified atom stereocenters. The van der Waals surface area contributed by atoms with E-state index >= 15 is 0 Å². The van der Waals surface area contributed by atoms with Crippen LogP contribution in [0.15, 0.2) is 58.1 Å². The van der Waals surface area contributed by atoms with E-state index in [2.05, 4.69) is 26.5 Å². The minimum absolute atomic E-state index is 0.0791. The maximum atomic E-state index is 10.9. The van der Waals surface area contributed by atoms with Crippen molar-refractivity contribution in [1.29, 1.82) is 0 Å². The second-order valence-corrected chi connectivity index (χ2v) is 4.67. The molecule has 0 fully saturated rings. The predicted octanol–water partition coefficient (Wildman–Crippen LogP) is 2.26. The Morgan fingerprint density at radius 2 is 1.84 bits per heavy atom. The molecule has 0 aromatic heterocycles. The van der Waals surface area contributed by atoms with E-state index in [1.54, 1.807) is 24.4 Å². The second kappa shape index (κ2) is 6.15. The number of hydrogen-bond acceptors (Lipinski definition) is 4. The molecule has 0 radical (unpaired) electrons. The van der Waals surface area contributed by atoms with E-state index in [-0.39, 0.29) is 5.56 Å². The number of nitrogens with one attached hydrogen (secondary N) is 1. The van der Waals surface area contributed by atoms with E-state index in [1.807, 2.05) is 24.3 Å². The molecular weight excluding hydrogens is 308 g/mol. The molecule has 4 nitrogen and oxygen atoms in total. The molecule has 0 heterocycles. The first kappa shape index (κ1) is 13.3. The maximum absolute atomic E-state index is 10.9. The van der Waals surface area contributed by atoms with Crippen LogP contribution in [0.3, 0.4) is 0 Å². The van der Waals surface area contributed by atoms with Gasteiger partial charge in [-0.2, -0.15) is 5.10 Å². The van der Waals surface area contributed by atoms with Crippen LogP contribution in [-0.4, -0.2) is 12.2 Å². The van der Waals surface area contributed by atoms with Gasteiger partial charge < -0.3 is 9.90 Å². The van der Waals surface area contributed by atoms with Crippen LogP contribution in [0.1, 0.15) is 15.9 Å². The van der Waals surface area contributed by atoms with Crippen LogP contribution in [0, 0.1) is 0 Å². The van der Waals surface area contributed by atoms with Gasteiger partial charge in [0.2, 0.25) is 0 Å². The minimum Gasteiger partial charge on any atom is -0.545 e. The number of carboxylic acid groups (broad SMARTS) is 1. The van der Waals surface area contributed by atoms with Gasteiger partial charge in [-0.15, -0.1) is 0 Å². The fraction of sp³-hybridized carbons (Fsp3) is 0. The third-order valence-corrected chi connectivity index (χ3v) is 2.94. The summed E-state index contributed by atoms with van der Waals surface area (Å²) >= 11 is 3.34. The Bertz CT molecular complexity index is 609. The highest BCUT2D eigenvalue weighted by Gasteiger charge is 2.00. The molecule has 19 heavy (non-hydrogen) atoms. The van der Waals surface area contributed by atoms with Gasteiger partial charge in [-0.25, -0.2) is 0 Å². The topological polar surface area (TPSA) is 64.5 Å². The average molecular weight is 318 g/mol. The van der Waals surface area contributed by atoms with Crippen molar-refractivity contribution >= 4 is 33.8 Å². The van der Waals surface area contributed by atoms with E-state index < -0.39 is 5.97 Å². The maximum Gasteiger partial charge on any atom is 0.0736 e. The van der Waals surface area contributed by atoms with Crippen LogP contribution in [0.25, 0.3) is 0 Å². The Morgan fingerprint density at radius 3 is 2.53 bits per heavy atom. The number of nitrogens with zero attached hydrogens (tertiary/aromatic N) is 1. The summed E-state index contributed by atoms with van der Waals surface area (Å²) in [4.78, 5) is 10.9. The lowest BCUT2D eigenvalue weighted by atomic mass is 10.2. The lowest BCUT2D eigenvalue weighted by Gasteiger charge is -2.08. The number of hydrogen-bond donors (Lipinski definition) is 1. The molecule has 5 heteroatoms. The van der Waals surface area contributed by atoms with Gasteiger partial charge in [0.15, 0.2) is 0 Å². The summed E-state index contributed by atoms with van der Waals surface area (Å²) in [6, 6.07) is 14.0. The zero-order chi connectivity index (χ0) is 13.7. The highest BCUT2D eigenvalue weighted by Crippen LogP contribution is 2.14. The second-order valence-electron chi connectivity index (χ2n) is 3.75. The van der Waals surface area contributed by atoms with E-state index in [9.17, 15) is 9.90 Å². The van der Waals surface area contributed by atoms with Gasteiger partial charge >= 0.3 is 0 Å². The van der Waals surface area contributed by atoms with Gasteiger partial charge in [0.25, 0.3) is 0 Å². The normalized spacial score (nSPS) is 10.6. The number of carboxylic acids is 1. The number of rotatable bonds is 4. The molecule has 0 amide bonds. The number of carbonyl (C=O) groups is 1. The molecule has 2 rings (SSSR count). The van der Waals surface area contributed by atoms with Crippen LogP contribution >= 0.6 is 15.9 Å². The third kappa shape index (κ3) is 3.66. The third-order valence-electron chi connectivity index (χ3n) is 2.42. The molecule has 0 atom stereocenters. The number of aromatic carboxylic acids is 1. The predicted molar refractivity (Wildman–Crippen MR) is 76.1 cm³/mol. The van der Waals surface area contributed by atoms with Crippen LogP contribution in [-0.2, 0) is 0 Å². The van der Waals surface area contributed by atoms with Crippen molar-refractivity contribution in [2.24, 2.45) is 5.10 Å². The molecule has 0 bridgehead atoms. The first-order valence-electron chi connectivity index (χ1n) is 5.52. The van der Waals surface area contributed by atoms with Crippen molar-refractivity contribution in [2.45, 2.75) is 0 Å². The van der Waals surface area contributed by atoms with Gasteiger partial charge in [-0.05, 0) is 23.8 Å². The number of carbonyl (C=O) groups excluding carboxylic acids is 1. The molecule has 2 aromatic rings. The monoisotopic (exact) mass is 317 g/mol. The Morgan fingerprint density at radius 1 is 1.16 bits per heavy atom.